The molecule has 0 aromatic heterocycles. The van der Waals surface area contributed by atoms with Crippen LogP contribution in [0.3, 0.4) is 0 Å². The molecule has 0 fully saturated rings. The van der Waals surface area contributed by atoms with Gasteiger partial charge in [0.1, 0.15) is 5.92 Å². The maximum atomic E-state index is 11.9. The summed E-state index contributed by atoms with van der Waals surface area (Å²) in [7, 11) is 2.00. The topological polar surface area (TPSA) is 56.1 Å². The molecular formula is C15H21N3O. The number of hydrogen-bond donors (Lipinski definition) is 1. The summed E-state index contributed by atoms with van der Waals surface area (Å²) in [4.78, 5) is 14.0. The van der Waals surface area contributed by atoms with Gasteiger partial charge in [-0.15, -0.1) is 0 Å². The second-order valence-corrected chi connectivity index (χ2v) is 4.56. The summed E-state index contributed by atoms with van der Waals surface area (Å²) in [6.45, 7) is 4.39. The third kappa shape index (κ3) is 5.54. The third-order valence-electron chi connectivity index (χ3n) is 3.09. The maximum Gasteiger partial charge on any atom is 0.237 e. The molecule has 1 aromatic rings. The standard InChI is InChI=1S/C15H21N3O/c1-3-18(2)10-9-17-15(19)14(12-16)11-13-7-5-4-6-8-13/h4-8,14H,3,9-11H2,1-2H3,(H,17,19). The highest BCUT2D eigenvalue weighted by molar-refractivity contribution is 5.81. The van der Waals surface area contributed by atoms with Gasteiger partial charge in [-0.25, -0.2) is 0 Å². The lowest BCUT2D eigenvalue weighted by Crippen LogP contribution is -2.36. The van der Waals surface area contributed by atoms with E-state index in [0.717, 1.165) is 18.7 Å². The first-order chi connectivity index (χ1) is 9.17. The van der Waals surface area contributed by atoms with Crippen LogP contribution in [0.15, 0.2) is 30.3 Å². The van der Waals surface area contributed by atoms with Gasteiger partial charge in [0, 0.05) is 13.1 Å². The molecule has 1 aromatic carbocycles. The van der Waals surface area contributed by atoms with Crippen molar-refractivity contribution in [3.8, 4) is 6.07 Å². The summed E-state index contributed by atoms with van der Waals surface area (Å²) >= 11 is 0. The second kappa shape index (κ2) is 8.28. The zero-order valence-corrected chi connectivity index (χ0v) is 11.6. The van der Waals surface area contributed by atoms with Gasteiger partial charge in [-0.3, -0.25) is 4.79 Å². The molecular weight excluding hydrogens is 238 g/mol. The van der Waals surface area contributed by atoms with Crippen LogP contribution in [0, 0.1) is 17.2 Å². The van der Waals surface area contributed by atoms with Crippen LogP contribution in [0.2, 0.25) is 0 Å². The highest BCUT2D eigenvalue weighted by atomic mass is 16.1. The Labute approximate surface area is 115 Å². The summed E-state index contributed by atoms with van der Waals surface area (Å²) in [5, 5.41) is 11.9. The fourth-order valence-corrected chi connectivity index (χ4v) is 1.70. The Morgan fingerprint density at radius 3 is 2.68 bits per heavy atom. The summed E-state index contributed by atoms with van der Waals surface area (Å²) < 4.78 is 0. The highest BCUT2D eigenvalue weighted by Gasteiger charge is 2.17. The molecule has 0 radical (unpaired) electrons. The Bertz CT molecular complexity index is 425. The van der Waals surface area contributed by atoms with Crippen molar-refractivity contribution in [3.63, 3.8) is 0 Å². The Hall–Kier alpha value is -1.86. The van der Waals surface area contributed by atoms with Crippen molar-refractivity contribution >= 4 is 5.91 Å². The summed E-state index contributed by atoms with van der Waals surface area (Å²) in [5.74, 6) is -0.801. The van der Waals surface area contributed by atoms with Gasteiger partial charge < -0.3 is 10.2 Å². The van der Waals surface area contributed by atoms with Crippen LogP contribution in [0.4, 0.5) is 0 Å². The average Bonchev–Trinajstić information content (AvgIpc) is 2.45. The Morgan fingerprint density at radius 2 is 2.11 bits per heavy atom. The first kappa shape index (κ1) is 15.2. The fourth-order valence-electron chi connectivity index (χ4n) is 1.70. The number of amides is 1. The highest BCUT2D eigenvalue weighted by Crippen LogP contribution is 2.08. The Balaban J connectivity index is 2.42. The number of benzene rings is 1. The van der Waals surface area contributed by atoms with Crippen molar-refractivity contribution in [3.05, 3.63) is 35.9 Å². The van der Waals surface area contributed by atoms with Gasteiger partial charge in [0.15, 0.2) is 0 Å². The largest absolute Gasteiger partial charge is 0.354 e. The summed E-state index contributed by atoms with van der Waals surface area (Å²) in [5.41, 5.74) is 1.01. The first-order valence-electron chi connectivity index (χ1n) is 6.57. The zero-order valence-electron chi connectivity index (χ0n) is 11.6. The van der Waals surface area contributed by atoms with E-state index in [4.69, 9.17) is 5.26 Å². The van der Waals surface area contributed by atoms with E-state index in [-0.39, 0.29) is 5.91 Å². The SMILES string of the molecule is CCN(C)CCNC(=O)C(C#N)Cc1ccccc1. The first-order valence-corrected chi connectivity index (χ1v) is 6.57. The predicted octanol–water partition coefficient (Wildman–Crippen LogP) is 1.44. The van der Waals surface area contributed by atoms with E-state index in [1.165, 1.54) is 0 Å². The zero-order chi connectivity index (χ0) is 14.1. The molecule has 0 saturated carbocycles. The van der Waals surface area contributed by atoms with Crippen LogP contribution in [0.5, 0.6) is 0 Å². The number of carbonyl (C=O) groups is 1. The molecule has 19 heavy (non-hydrogen) atoms. The van der Waals surface area contributed by atoms with Crippen LogP contribution in [0.1, 0.15) is 12.5 Å². The van der Waals surface area contributed by atoms with Gasteiger partial charge in [0.25, 0.3) is 0 Å². The van der Waals surface area contributed by atoms with Crippen LogP contribution in [-0.2, 0) is 11.2 Å². The average molecular weight is 259 g/mol. The number of nitrogens with zero attached hydrogens (tertiary/aromatic N) is 2. The number of rotatable bonds is 7. The smallest absolute Gasteiger partial charge is 0.237 e. The molecule has 0 saturated heterocycles. The summed E-state index contributed by atoms with van der Waals surface area (Å²) in [6, 6.07) is 11.7. The van der Waals surface area contributed by atoms with E-state index in [2.05, 4.69) is 23.2 Å². The lowest BCUT2D eigenvalue weighted by molar-refractivity contribution is -0.123. The number of nitriles is 1. The molecule has 1 amide bonds. The number of nitrogens with one attached hydrogen (secondary N) is 1. The second-order valence-electron chi connectivity index (χ2n) is 4.56. The van der Waals surface area contributed by atoms with Gasteiger partial charge in [-0.2, -0.15) is 5.26 Å². The van der Waals surface area contributed by atoms with Crippen molar-refractivity contribution in [2.24, 2.45) is 5.92 Å². The number of likely N-dealkylation sites (N-methyl/N-ethyl adjacent to an activating group) is 1. The fraction of sp³-hybridized carbons (Fsp3) is 0.467. The molecule has 4 heteroatoms. The van der Waals surface area contributed by atoms with Gasteiger partial charge in [-0.1, -0.05) is 37.3 Å². The lowest BCUT2D eigenvalue weighted by Gasteiger charge is -2.15. The van der Waals surface area contributed by atoms with Crippen LogP contribution >= 0.6 is 0 Å². The molecule has 0 aliphatic rings. The van der Waals surface area contributed by atoms with E-state index in [1.54, 1.807) is 0 Å². The minimum atomic E-state index is -0.616. The van der Waals surface area contributed by atoms with E-state index in [1.807, 2.05) is 37.4 Å². The predicted molar refractivity (Wildman–Crippen MR) is 75.4 cm³/mol. The molecule has 1 rings (SSSR count). The quantitative estimate of drug-likeness (QED) is 0.806. The van der Waals surface area contributed by atoms with Crippen LogP contribution in [-0.4, -0.2) is 37.5 Å². The van der Waals surface area contributed by atoms with Crippen molar-refractivity contribution in [2.75, 3.05) is 26.7 Å². The van der Waals surface area contributed by atoms with Gasteiger partial charge >= 0.3 is 0 Å². The normalized spacial score (nSPS) is 11.9. The van der Waals surface area contributed by atoms with E-state index in [9.17, 15) is 4.79 Å². The van der Waals surface area contributed by atoms with Gasteiger partial charge in [-0.05, 0) is 25.6 Å². The van der Waals surface area contributed by atoms with Crippen LogP contribution < -0.4 is 5.32 Å². The molecule has 4 nitrogen and oxygen atoms in total. The van der Waals surface area contributed by atoms with Gasteiger partial charge in [0.05, 0.1) is 6.07 Å². The molecule has 0 spiro atoms. The molecule has 0 aliphatic heterocycles. The van der Waals surface area contributed by atoms with E-state index in [0.29, 0.717) is 13.0 Å². The number of hydrogen-bond acceptors (Lipinski definition) is 3. The molecule has 0 heterocycles. The summed E-state index contributed by atoms with van der Waals surface area (Å²) in [6.07, 6.45) is 0.465. The Kier molecular flexibility index (Phi) is 6.62. The molecule has 1 atom stereocenters. The van der Waals surface area contributed by atoms with Crippen molar-refractivity contribution in [2.45, 2.75) is 13.3 Å². The van der Waals surface area contributed by atoms with Crippen molar-refractivity contribution in [1.29, 1.82) is 5.26 Å². The van der Waals surface area contributed by atoms with E-state index < -0.39 is 5.92 Å². The van der Waals surface area contributed by atoms with E-state index >= 15 is 0 Å². The van der Waals surface area contributed by atoms with Crippen molar-refractivity contribution in [1.82, 2.24) is 10.2 Å². The molecule has 0 bridgehead atoms. The monoisotopic (exact) mass is 259 g/mol. The maximum absolute atomic E-state index is 11.9. The molecule has 102 valence electrons. The Morgan fingerprint density at radius 1 is 1.42 bits per heavy atom. The minimum absolute atomic E-state index is 0.184. The molecule has 0 aliphatic carbocycles. The van der Waals surface area contributed by atoms with Crippen molar-refractivity contribution < 1.29 is 4.79 Å². The molecule has 1 N–H and O–H groups in total. The number of carbonyl (C=O) groups excluding carboxylic acids is 1. The molecule has 1 unspecified atom stereocenters. The lowest BCUT2D eigenvalue weighted by atomic mass is 10.00. The third-order valence-corrected chi connectivity index (χ3v) is 3.09. The van der Waals surface area contributed by atoms with Gasteiger partial charge in [0.2, 0.25) is 5.91 Å². The van der Waals surface area contributed by atoms with Crippen LogP contribution in [0.25, 0.3) is 0 Å². The minimum Gasteiger partial charge on any atom is -0.354 e.